The number of Topliss-reactive ketones (excluding diaryl/α,β-unsaturated/α-hetero) is 1. The minimum Gasteiger partial charge on any atom is -0.293 e. The lowest BCUT2D eigenvalue weighted by atomic mass is 10.2. The molecule has 0 unspecified atom stereocenters. The van der Waals surface area contributed by atoms with Crippen LogP contribution in [0, 0.1) is 0 Å². The summed E-state index contributed by atoms with van der Waals surface area (Å²) in [6.45, 7) is 5.05. The molecule has 0 radical (unpaired) electrons. The van der Waals surface area contributed by atoms with Crippen LogP contribution in [0.2, 0.25) is 0 Å². The van der Waals surface area contributed by atoms with E-state index in [2.05, 4.69) is 11.6 Å². The third kappa shape index (κ3) is 1.74. The number of hydrogen-bond donors (Lipinski definition) is 0. The van der Waals surface area contributed by atoms with Crippen LogP contribution in [-0.2, 0) is 0 Å². The molecule has 1 heterocycles. The maximum absolute atomic E-state index is 10.8. The normalized spacial score (nSPS) is 9.18. The molecule has 0 N–H and O–H groups in total. The van der Waals surface area contributed by atoms with Crippen LogP contribution in [0.15, 0.2) is 24.8 Å². The van der Waals surface area contributed by atoms with Crippen LogP contribution in [0.25, 0.3) is 6.08 Å². The summed E-state index contributed by atoms with van der Waals surface area (Å²) in [4.78, 5) is 14.8. The second-order valence-corrected chi connectivity index (χ2v) is 2.21. The summed E-state index contributed by atoms with van der Waals surface area (Å²) in [5.74, 6) is -0.0197. The van der Waals surface area contributed by atoms with Crippen molar-refractivity contribution in [1.29, 1.82) is 0 Å². The Hall–Kier alpha value is -1.44. The Balaban J connectivity index is 3.10. The number of carbonyl (C=O) groups excluding carboxylic acids is 1. The highest BCUT2D eigenvalue weighted by Crippen LogP contribution is 2.00. The lowest BCUT2D eigenvalue weighted by Crippen LogP contribution is -1.96. The van der Waals surface area contributed by atoms with Crippen LogP contribution >= 0.6 is 0 Å². The van der Waals surface area contributed by atoms with Crippen LogP contribution in [0.5, 0.6) is 0 Å². The summed E-state index contributed by atoms with van der Waals surface area (Å²) < 4.78 is 0. The molecule has 0 amide bonds. The molecule has 11 heavy (non-hydrogen) atoms. The molecule has 1 aromatic rings. The zero-order valence-corrected chi connectivity index (χ0v) is 6.37. The van der Waals surface area contributed by atoms with E-state index < -0.39 is 0 Å². The molecule has 2 nitrogen and oxygen atoms in total. The van der Waals surface area contributed by atoms with E-state index in [-0.39, 0.29) is 5.78 Å². The van der Waals surface area contributed by atoms with Gasteiger partial charge in [0.15, 0.2) is 5.78 Å². The van der Waals surface area contributed by atoms with Gasteiger partial charge in [-0.1, -0.05) is 12.6 Å². The van der Waals surface area contributed by atoms with Crippen molar-refractivity contribution in [3.63, 3.8) is 0 Å². The van der Waals surface area contributed by atoms with Crippen molar-refractivity contribution in [2.24, 2.45) is 0 Å². The van der Waals surface area contributed by atoms with Gasteiger partial charge in [-0.15, -0.1) is 0 Å². The van der Waals surface area contributed by atoms with Crippen molar-refractivity contribution in [2.45, 2.75) is 6.92 Å². The zero-order chi connectivity index (χ0) is 8.27. The predicted octanol–water partition coefficient (Wildman–Crippen LogP) is 1.93. The standard InChI is InChI=1S/C9H9NO/c1-3-8-5-4-6-9(10-8)7(2)11/h3-6H,1H2,2H3. The molecule has 0 saturated heterocycles. The second kappa shape index (κ2) is 3.10. The highest BCUT2D eigenvalue weighted by atomic mass is 16.1. The van der Waals surface area contributed by atoms with Crippen molar-refractivity contribution in [2.75, 3.05) is 0 Å². The molecule has 0 aliphatic carbocycles. The third-order valence-corrected chi connectivity index (χ3v) is 1.34. The van der Waals surface area contributed by atoms with E-state index in [4.69, 9.17) is 0 Å². The van der Waals surface area contributed by atoms with Gasteiger partial charge in [0.05, 0.1) is 5.69 Å². The molecular formula is C9H9NO. The number of aromatic nitrogens is 1. The Morgan fingerprint density at radius 2 is 2.36 bits per heavy atom. The Labute approximate surface area is 65.6 Å². The minimum atomic E-state index is -0.0197. The molecule has 0 spiro atoms. The monoisotopic (exact) mass is 147 g/mol. The third-order valence-electron chi connectivity index (χ3n) is 1.34. The first-order chi connectivity index (χ1) is 5.24. The summed E-state index contributed by atoms with van der Waals surface area (Å²) in [6, 6.07) is 5.29. The fourth-order valence-electron chi connectivity index (χ4n) is 0.761. The average molecular weight is 147 g/mol. The van der Waals surface area contributed by atoms with Crippen molar-refractivity contribution in [1.82, 2.24) is 4.98 Å². The van der Waals surface area contributed by atoms with Crippen molar-refractivity contribution in [3.8, 4) is 0 Å². The van der Waals surface area contributed by atoms with Crippen LogP contribution in [0.3, 0.4) is 0 Å². The van der Waals surface area contributed by atoms with Gasteiger partial charge in [-0.05, 0) is 18.2 Å². The van der Waals surface area contributed by atoms with E-state index in [1.165, 1.54) is 6.92 Å². The van der Waals surface area contributed by atoms with Gasteiger partial charge >= 0.3 is 0 Å². The lowest BCUT2D eigenvalue weighted by molar-refractivity contribution is 0.101. The summed E-state index contributed by atoms with van der Waals surface area (Å²) in [6.07, 6.45) is 1.62. The first kappa shape index (κ1) is 7.66. The van der Waals surface area contributed by atoms with Gasteiger partial charge in [-0.25, -0.2) is 4.98 Å². The van der Waals surface area contributed by atoms with Crippen molar-refractivity contribution >= 4 is 11.9 Å². The van der Waals surface area contributed by atoms with Crippen LogP contribution in [-0.4, -0.2) is 10.8 Å². The molecular weight excluding hydrogens is 138 g/mol. The predicted molar refractivity (Wildman–Crippen MR) is 44.3 cm³/mol. The molecule has 1 aromatic heterocycles. The summed E-state index contributed by atoms with van der Waals surface area (Å²) >= 11 is 0. The molecule has 0 aliphatic heterocycles. The number of carbonyl (C=O) groups is 1. The molecule has 0 fully saturated rings. The van der Waals surface area contributed by atoms with Crippen molar-refractivity contribution in [3.05, 3.63) is 36.2 Å². The largest absolute Gasteiger partial charge is 0.293 e. The topological polar surface area (TPSA) is 30.0 Å². The van der Waals surface area contributed by atoms with Gasteiger partial charge < -0.3 is 0 Å². The summed E-state index contributed by atoms with van der Waals surface area (Å²) in [7, 11) is 0. The first-order valence-corrected chi connectivity index (χ1v) is 3.34. The van der Waals surface area contributed by atoms with Gasteiger partial charge in [0.2, 0.25) is 0 Å². The second-order valence-electron chi connectivity index (χ2n) is 2.21. The Morgan fingerprint density at radius 3 is 2.91 bits per heavy atom. The van der Waals surface area contributed by atoms with E-state index in [1.54, 1.807) is 24.3 Å². The number of nitrogens with zero attached hydrogens (tertiary/aromatic N) is 1. The van der Waals surface area contributed by atoms with E-state index in [0.29, 0.717) is 5.69 Å². The molecule has 0 aliphatic rings. The quantitative estimate of drug-likeness (QED) is 0.598. The molecule has 0 aromatic carbocycles. The molecule has 0 saturated carbocycles. The Morgan fingerprint density at radius 1 is 1.64 bits per heavy atom. The molecule has 0 bridgehead atoms. The first-order valence-electron chi connectivity index (χ1n) is 3.34. The summed E-state index contributed by atoms with van der Waals surface area (Å²) in [5.41, 5.74) is 1.22. The summed E-state index contributed by atoms with van der Waals surface area (Å²) in [5, 5.41) is 0. The average Bonchev–Trinajstić information content (AvgIpc) is 2.05. The SMILES string of the molecule is C=Cc1cccc(C(C)=O)n1. The van der Waals surface area contributed by atoms with Gasteiger partial charge in [0.1, 0.15) is 5.69 Å². The molecule has 1 rings (SSSR count). The number of ketones is 1. The maximum Gasteiger partial charge on any atom is 0.178 e. The fraction of sp³-hybridized carbons (Fsp3) is 0.111. The molecule has 2 heteroatoms. The smallest absolute Gasteiger partial charge is 0.178 e. The minimum absolute atomic E-state index is 0.0197. The highest BCUT2D eigenvalue weighted by molar-refractivity contribution is 5.92. The zero-order valence-electron chi connectivity index (χ0n) is 6.37. The van der Waals surface area contributed by atoms with E-state index in [1.807, 2.05) is 0 Å². The highest BCUT2D eigenvalue weighted by Gasteiger charge is 1.98. The Bertz CT molecular complexity index is 291. The fourth-order valence-corrected chi connectivity index (χ4v) is 0.761. The van der Waals surface area contributed by atoms with Crippen LogP contribution in [0.1, 0.15) is 23.1 Å². The van der Waals surface area contributed by atoms with Gasteiger partial charge in [-0.3, -0.25) is 4.79 Å². The number of hydrogen-bond acceptors (Lipinski definition) is 2. The van der Waals surface area contributed by atoms with Crippen molar-refractivity contribution < 1.29 is 4.79 Å². The van der Waals surface area contributed by atoms with Gasteiger partial charge in [0, 0.05) is 6.92 Å². The molecule has 0 atom stereocenters. The van der Waals surface area contributed by atoms with E-state index in [0.717, 1.165) is 5.69 Å². The van der Waals surface area contributed by atoms with Crippen LogP contribution in [0.4, 0.5) is 0 Å². The number of pyridine rings is 1. The van der Waals surface area contributed by atoms with E-state index >= 15 is 0 Å². The lowest BCUT2D eigenvalue weighted by Gasteiger charge is -1.94. The van der Waals surface area contributed by atoms with E-state index in [9.17, 15) is 4.79 Å². The Kier molecular flexibility index (Phi) is 2.16. The number of rotatable bonds is 2. The van der Waals surface area contributed by atoms with Gasteiger partial charge in [0.25, 0.3) is 0 Å². The molecule has 56 valence electrons. The van der Waals surface area contributed by atoms with Gasteiger partial charge in [-0.2, -0.15) is 0 Å². The maximum atomic E-state index is 10.8. The van der Waals surface area contributed by atoms with Crippen LogP contribution < -0.4 is 0 Å².